The molecule has 0 aromatic heterocycles. The highest BCUT2D eigenvalue weighted by Crippen LogP contribution is 2.26. The van der Waals surface area contributed by atoms with Crippen LogP contribution in [-0.4, -0.2) is 57.6 Å². The number of rotatable bonds is 15. The number of carbonyl (C=O) groups is 2. The van der Waals surface area contributed by atoms with Crippen molar-refractivity contribution in [3.63, 3.8) is 0 Å². The Morgan fingerprint density at radius 2 is 1.37 bits per heavy atom. The summed E-state index contributed by atoms with van der Waals surface area (Å²) in [5, 5.41) is 2.98. The standard InChI is InChI=1S/C36H41N3O6S/c1-27(2)24-37-36(41)34(23-28-12-7-5-8-13-28)38(25-29-14-11-17-33(22-29)44-3)35(40)26-39(46(4,42)43)30-18-20-32(21-19-30)45-31-15-9-6-10-16-31/h5-22,27,34H,23-26H2,1-4H3,(H,37,41)/t34-/m1/s1. The van der Waals surface area contributed by atoms with Gasteiger partial charge in [0.25, 0.3) is 0 Å². The Bertz CT molecular complexity index is 1680. The molecular formula is C36H41N3O6S. The van der Waals surface area contributed by atoms with Crippen LogP contribution >= 0.6 is 0 Å². The van der Waals surface area contributed by atoms with Gasteiger partial charge in [0.15, 0.2) is 0 Å². The molecule has 4 aromatic carbocycles. The van der Waals surface area contributed by atoms with Gasteiger partial charge in [-0.3, -0.25) is 13.9 Å². The number of sulfonamides is 1. The molecule has 0 aliphatic rings. The maximum atomic E-state index is 14.3. The van der Waals surface area contributed by atoms with Gasteiger partial charge >= 0.3 is 0 Å². The van der Waals surface area contributed by atoms with Crippen LogP contribution < -0.4 is 19.1 Å². The molecule has 4 rings (SSSR count). The SMILES string of the molecule is COc1cccc(CN(C(=O)CN(c2ccc(Oc3ccccc3)cc2)S(C)(=O)=O)[C@H](Cc2ccccc2)C(=O)NCC(C)C)c1. The zero-order valence-electron chi connectivity index (χ0n) is 26.6. The normalized spacial score (nSPS) is 11.8. The Morgan fingerprint density at radius 3 is 1.98 bits per heavy atom. The third-order valence-corrected chi connectivity index (χ3v) is 8.37. The summed E-state index contributed by atoms with van der Waals surface area (Å²) < 4.78 is 38.5. The van der Waals surface area contributed by atoms with E-state index in [1.165, 1.54) is 4.90 Å². The molecule has 0 saturated carbocycles. The monoisotopic (exact) mass is 643 g/mol. The molecule has 1 atom stereocenters. The third-order valence-electron chi connectivity index (χ3n) is 7.23. The molecule has 0 aliphatic heterocycles. The van der Waals surface area contributed by atoms with Gasteiger partial charge in [-0.15, -0.1) is 0 Å². The number of para-hydroxylation sites is 1. The van der Waals surface area contributed by atoms with Crippen LogP contribution in [0.4, 0.5) is 5.69 Å². The van der Waals surface area contributed by atoms with E-state index in [2.05, 4.69) is 5.32 Å². The number of benzene rings is 4. The Morgan fingerprint density at radius 1 is 0.783 bits per heavy atom. The van der Waals surface area contributed by atoms with E-state index in [1.807, 2.05) is 86.6 Å². The fourth-order valence-corrected chi connectivity index (χ4v) is 5.71. The minimum Gasteiger partial charge on any atom is -0.497 e. The highest BCUT2D eigenvalue weighted by atomic mass is 32.2. The second-order valence-corrected chi connectivity index (χ2v) is 13.3. The van der Waals surface area contributed by atoms with E-state index in [4.69, 9.17) is 9.47 Å². The molecule has 0 bridgehead atoms. The van der Waals surface area contributed by atoms with Crippen LogP contribution in [0.25, 0.3) is 0 Å². The average Bonchev–Trinajstić information content (AvgIpc) is 3.05. The lowest BCUT2D eigenvalue weighted by molar-refractivity contribution is -0.140. The van der Waals surface area contributed by atoms with Crippen LogP contribution in [-0.2, 0) is 32.6 Å². The van der Waals surface area contributed by atoms with Gasteiger partial charge in [-0.25, -0.2) is 8.42 Å². The van der Waals surface area contributed by atoms with Crippen molar-refractivity contribution >= 4 is 27.5 Å². The summed E-state index contributed by atoms with van der Waals surface area (Å²) in [6.07, 6.45) is 1.29. The summed E-state index contributed by atoms with van der Waals surface area (Å²) in [6, 6.07) is 31.5. The zero-order chi connectivity index (χ0) is 33.1. The van der Waals surface area contributed by atoms with Crippen molar-refractivity contribution in [3.8, 4) is 17.2 Å². The number of methoxy groups -OCH3 is 1. The number of hydrogen-bond acceptors (Lipinski definition) is 6. The van der Waals surface area contributed by atoms with E-state index >= 15 is 0 Å². The third kappa shape index (κ3) is 9.84. The van der Waals surface area contributed by atoms with Gasteiger partial charge in [0.2, 0.25) is 21.8 Å². The predicted molar refractivity (Wildman–Crippen MR) is 180 cm³/mol. The van der Waals surface area contributed by atoms with Crippen molar-refractivity contribution in [2.24, 2.45) is 5.92 Å². The van der Waals surface area contributed by atoms with E-state index in [0.717, 1.165) is 21.7 Å². The molecule has 46 heavy (non-hydrogen) atoms. The number of anilines is 1. The molecule has 10 heteroatoms. The average molecular weight is 644 g/mol. The summed E-state index contributed by atoms with van der Waals surface area (Å²) >= 11 is 0. The molecule has 4 aromatic rings. The second kappa shape index (κ2) is 15.9. The molecular weight excluding hydrogens is 602 g/mol. The van der Waals surface area contributed by atoms with E-state index in [1.54, 1.807) is 43.5 Å². The highest BCUT2D eigenvalue weighted by Gasteiger charge is 2.33. The quantitative estimate of drug-likeness (QED) is 0.179. The number of hydrogen-bond donors (Lipinski definition) is 1. The molecule has 1 N–H and O–H groups in total. The van der Waals surface area contributed by atoms with Crippen LogP contribution in [0.15, 0.2) is 109 Å². The number of carbonyl (C=O) groups excluding carboxylic acids is 2. The van der Waals surface area contributed by atoms with E-state index in [9.17, 15) is 18.0 Å². The van der Waals surface area contributed by atoms with Gasteiger partial charge in [-0.05, 0) is 65.6 Å². The van der Waals surface area contributed by atoms with Crippen LogP contribution in [0.5, 0.6) is 17.2 Å². The first-order valence-corrected chi connectivity index (χ1v) is 16.9. The van der Waals surface area contributed by atoms with Crippen molar-refractivity contribution in [1.82, 2.24) is 10.2 Å². The Balaban J connectivity index is 1.68. The summed E-state index contributed by atoms with van der Waals surface area (Å²) in [5.74, 6) is 1.10. The smallest absolute Gasteiger partial charge is 0.244 e. The minimum absolute atomic E-state index is 0.0596. The molecule has 0 heterocycles. The number of nitrogens with zero attached hydrogens (tertiary/aromatic N) is 2. The zero-order valence-corrected chi connectivity index (χ0v) is 27.4. The van der Waals surface area contributed by atoms with E-state index in [0.29, 0.717) is 29.5 Å². The van der Waals surface area contributed by atoms with Crippen molar-refractivity contribution in [2.75, 3.05) is 30.8 Å². The van der Waals surface area contributed by atoms with Crippen LogP contribution in [0.1, 0.15) is 25.0 Å². The number of nitrogens with one attached hydrogen (secondary N) is 1. The predicted octanol–water partition coefficient (Wildman–Crippen LogP) is 5.67. The topological polar surface area (TPSA) is 105 Å². The van der Waals surface area contributed by atoms with Crippen molar-refractivity contribution in [2.45, 2.75) is 32.9 Å². The lowest BCUT2D eigenvalue weighted by Crippen LogP contribution is -2.53. The molecule has 0 spiro atoms. The molecule has 0 fully saturated rings. The Labute approximate surface area is 271 Å². The number of amides is 2. The summed E-state index contributed by atoms with van der Waals surface area (Å²) in [7, 11) is -2.35. The highest BCUT2D eigenvalue weighted by molar-refractivity contribution is 7.92. The minimum atomic E-state index is -3.90. The van der Waals surface area contributed by atoms with Gasteiger partial charge in [0.1, 0.15) is 29.8 Å². The summed E-state index contributed by atoms with van der Waals surface area (Å²) in [5.41, 5.74) is 1.89. The van der Waals surface area contributed by atoms with Gasteiger partial charge < -0.3 is 19.7 Å². The first-order valence-electron chi connectivity index (χ1n) is 15.1. The van der Waals surface area contributed by atoms with Gasteiger partial charge in [0.05, 0.1) is 19.1 Å². The molecule has 0 saturated heterocycles. The largest absolute Gasteiger partial charge is 0.497 e. The molecule has 0 aliphatic carbocycles. The lowest BCUT2D eigenvalue weighted by atomic mass is 10.0. The van der Waals surface area contributed by atoms with Crippen molar-refractivity contribution < 1.29 is 27.5 Å². The maximum Gasteiger partial charge on any atom is 0.244 e. The van der Waals surface area contributed by atoms with E-state index in [-0.39, 0.29) is 24.8 Å². The fraction of sp³-hybridized carbons (Fsp3) is 0.278. The Kier molecular flexibility index (Phi) is 11.8. The van der Waals surface area contributed by atoms with Crippen LogP contribution in [0.3, 0.4) is 0 Å². The number of ether oxygens (including phenoxy) is 2. The molecule has 9 nitrogen and oxygen atoms in total. The van der Waals surface area contributed by atoms with Crippen LogP contribution in [0, 0.1) is 5.92 Å². The molecule has 0 unspecified atom stereocenters. The van der Waals surface area contributed by atoms with Gasteiger partial charge in [-0.1, -0.05) is 74.5 Å². The first kappa shape index (κ1) is 34.1. The fourth-order valence-electron chi connectivity index (χ4n) is 4.86. The maximum absolute atomic E-state index is 14.3. The lowest BCUT2D eigenvalue weighted by Gasteiger charge is -2.33. The summed E-state index contributed by atoms with van der Waals surface area (Å²) in [6.45, 7) is 3.96. The molecule has 242 valence electrons. The van der Waals surface area contributed by atoms with Crippen molar-refractivity contribution in [3.05, 3.63) is 120 Å². The first-order chi connectivity index (χ1) is 22.0. The van der Waals surface area contributed by atoms with Crippen LogP contribution in [0.2, 0.25) is 0 Å². The molecule has 2 amide bonds. The molecule has 0 radical (unpaired) electrons. The second-order valence-electron chi connectivity index (χ2n) is 11.4. The summed E-state index contributed by atoms with van der Waals surface area (Å²) in [4.78, 5) is 29.5. The Hall–Kier alpha value is -4.83. The van der Waals surface area contributed by atoms with Gasteiger partial charge in [-0.2, -0.15) is 0 Å². The van der Waals surface area contributed by atoms with E-state index < -0.39 is 28.5 Å². The van der Waals surface area contributed by atoms with Crippen molar-refractivity contribution in [1.29, 1.82) is 0 Å². The van der Waals surface area contributed by atoms with Gasteiger partial charge in [0, 0.05) is 19.5 Å².